The first-order valence-electron chi connectivity index (χ1n) is 7.13. The molecule has 0 amide bonds. The van der Waals surface area contributed by atoms with Crippen molar-refractivity contribution in [1.82, 2.24) is 9.97 Å². The molecule has 2 rings (SSSR count). The molecular formula is C14H23N3O2. The fraction of sp³-hybridized carbons (Fsp3) is 0.714. The van der Waals surface area contributed by atoms with Gasteiger partial charge in [-0.15, -0.1) is 0 Å². The van der Waals surface area contributed by atoms with Gasteiger partial charge in [-0.25, -0.2) is 9.97 Å². The van der Waals surface area contributed by atoms with E-state index < -0.39 is 5.60 Å². The molecule has 1 fully saturated rings. The summed E-state index contributed by atoms with van der Waals surface area (Å²) in [5.74, 6) is 1.29. The number of hydrogen-bond donors (Lipinski definition) is 2. The van der Waals surface area contributed by atoms with E-state index in [-0.39, 0.29) is 0 Å². The van der Waals surface area contributed by atoms with Crippen molar-refractivity contribution in [2.45, 2.75) is 51.0 Å². The molecule has 1 saturated carbocycles. The molecule has 5 heteroatoms. The number of hydrogen-bond acceptors (Lipinski definition) is 5. The van der Waals surface area contributed by atoms with E-state index in [0.717, 1.165) is 32.1 Å². The summed E-state index contributed by atoms with van der Waals surface area (Å²) in [7, 11) is 0. The van der Waals surface area contributed by atoms with Gasteiger partial charge < -0.3 is 15.2 Å². The number of aliphatic hydroxyl groups is 1. The van der Waals surface area contributed by atoms with Crippen molar-refractivity contribution >= 4 is 5.82 Å². The van der Waals surface area contributed by atoms with Gasteiger partial charge in [0.1, 0.15) is 12.1 Å². The first kappa shape index (κ1) is 14.1. The van der Waals surface area contributed by atoms with Crippen LogP contribution in [0.25, 0.3) is 0 Å². The molecule has 1 aromatic heterocycles. The summed E-state index contributed by atoms with van der Waals surface area (Å²) < 4.78 is 5.46. The predicted octanol–water partition coefficient (Wildman–Crippen LogP) is 2.37. The monoisotopic (exact) mass is 265 g/mol. The molecule has 0 saturated heterocycles. The molecule has 0 radical (unpaired) electrons. The van der Waals surface area contributed by atoms with Gasteiger partial charge in [-0.1, -0.05) is 26.2 Å². The zero-order valence-corrected chi connectivity index (χ0v) is 11.6. The van der Waals surface area contributed by atoms with Gasteiger partial charge in [-0.05, 0) is 19.3 Å². The number of aromatic nitrogens is 2. The van der Waals surface area contributed by atoms with Gasteiger partial charge in [0.15, 0.2) is 0 Å². The standard InChI is InChI=1S/C14H23N3O2/c1-2-8-19-13-9-12(16-11-17-13)15-10-14(18)6-4-3-5-7-14/h9,11,18H,2-8,10H2,1H3,(H,15,16,17). The Bertz CT molecular complexity index is 392. The summed E-state index contributed by atoms with van der Waals surface area (Å²) in [6.07, 6.45) is 7.60. The SMILES string of the molecule is CCCOc1cc(NCC2(O)CCCCC2)ncn1. The predicted molar refractivity (Wildman–Crippen MR) is 74.3 cm³/mol. The lowest BCUT2D eigenvalue weighted by Crippen LogP contribution is -2.38. The Balaban J connectivity index is 1.88. The number of nitrogens with one attached hydrogen (secondary N) is 1. The van der Waals surface area contributed by atoms with E-state index in [0.29, 0.717) is 24.8 Å². The van der Waals surface area contributed by atoms with Gasteiger partial charge in [0.05, 0.1) is 12.2 Å². The maximum Gasteiger partial charge on any atom is 0.218 e. The average Bonchev–Trinajstić information content (AvgIpc) is 2.44. The van der Waals surface area contributed by atoms with E-state index in [9.17, 15) is 5.11 Å². The van der Waals surface area contributed by atoms with E-state index >= 15 is 0 Å². The molecule has 1 aliphatic rings. The molecule has 1 heterocycles. The van der Waals surface area contributed by atoms with Gasteiger partial charge in [-0.3, -0.25) is 0 Å². The summed E-state index contributed by atoms with van der Waals surface area (Å²) in [4.78, 5) is 8.20. The molecule has 0 aromatic carbocycles. The van der Waals surface area contributed by atoms with Crippen LogP contribution in [0.2, 0.25) is 0 Å². The topological polar surface area (TPSA) is 67.3 Å². The van der Waals surface area contributed by atoms with Gasteiger partial charge in [0.2, 0.25) is 5.88 Å². The maximum atomic E-state index is 10.4. The van der Waals surface area contributed by atoms with Gasteiger partial charge in [0, 0.05) is 12.6 Å². The van der Waals surface area contributed by atoms with E-state index in [4.69, 9.17) is 4.74 Å². The second kappa shape index (κ2) is 6.70. The Hall–Kier alpha value is -1.36. The van der Waals surface area contributed by atoms with Crippen LogP contribution in [-0.4, -0.2) is 33.8 Å². The van der Waals surface area contributed by atoms with Crippen molar-refractivity contribution in [3.8, 4) is 5.88 Å². The summed E-state index contributed by atoms with van der Waals surface area (Å²) in [6.45, 7) is 3.25. The number of anilines is 1. The van der Waals surface area contributed by atoms with Gasteiger partial charge in [-0.2, -0.15) is 0 Å². The van der Waals surface area contributed by atoms with Crippen LogP contribution in [0, 0.1) is 0 Å². The highest BCUT2D eigenvalue weighted by Crippen LogP contribution is 2.28. The fourth-order valence-corrected chi connectivity index (χ4v) is 2.36. The Morgan fingerprint density at radius 2 is 2.11 bits per heavy atom. The Labute approximate surface area is 114 Å². The van der Waals surface area contributed by atoms with Crippen LogP contribution in [0.15, 0.2) is 12.4 Å². The fourth-order valence-electron chi connectivity index (χ4n) is 2.36. The van der Waals surface area contributed by atoms with Crippen molar-refractivity contribution < 1.29 is 9.84 Å². The Kier molecular flexibility index (Phi) is 4.96. The minimum Gasteiger partial charge on any atom is -0.478 e. The first-order valence-corrected chi connectivity index (χ1v) is 7.13. The van der Waals surface area contributed by atoms with Crippen molar-refractivity contribution in [2.75, 3.05) is 18.5 Å². The third-order valence-corrected chi connectivity index (χ3v) is 3.48. The summed E-state index contributed by atoms with van der Waals surface area (Å²) in [5.41, 5.74) is -0.590. The molecule has 2 N–H and O–H groups in total. The lowest BCUT2D eigenvalue weighted by molar-refractivity contribution is 0.0166. The van der Waals surface area contributed by atoms with Crippen molar-refractivity contribution in [2.24, 2.45) is 0 Å². The average molecular weight is 265 g/mol. The molecule has 1 aromatic rings. The molecule has 0 bridgehead atoms. The largest absolute Gasteiger partial charge is 0.478 e. The van der Waals surface area contributed by atoms with Crippen molar-refractivity contribution in [3.63, 3.8) is 0 Å². The summed E-state index contributed by atoms with van der Waals surface area (Å²) >= 11 is 0. The van der Waals surface area contributed by atoms with Gasteiger partial charge in [0.25, 0.3) is 0 Å². The zero-order chi connectivity index (χ0) is 13.6. The van der Waals surface area contributed by atoms with Crippen LogP contribution >= 0.6 is 0 Å². The zero-order valence-electron chi connectivity index (χ0n) is 11.6. The van der Waals surface area contributed by atoms with Crippen LogP contribution in [0.4, 0.5) is 5.82 Å². The number of ether oxygens (including phenoxy) is 1. The van der Waals surface area contributed by atoms with E-state index in [2.05, 4.69) is 22.2 Å². The van der Waals surface area contributed by atoms with E-state index in [1.54, 1.807) is 6.07 Å². The smallest absolute Gasteiger partial charge is 0.218 e. The Morgan fingerprint density at radius 1 is 1.32 bits per heavy atom. The lowest BCUT2D eigenvalue weighted by Gasteiger charge is -2.32. The van der Waals surface area contributed by atoms with Crippen LogP contribution < -0.4 is 10.1 Å². The highest BCUT2D eigenvalue weighted by atomic mass is 16.5. The molecule has 0 atom stereocenters. The lowest BCUT2D eigenvalue weighted by atomic mass is 9.85. The third kappa shape index (κ3) is 4.35. The molecule has 106 valence electrons. The summed E-state index contributed by atoms with van der Waals surface area (Å²) in [6, 6.07) is 1.78. The molecule has 19 heavy (non-hydrogen) atoms. The molecule has 1 aliphatic carbocycles. The molecule has 5 nitrogen and oxygen atoms in total. The summed E-state index contributed by atoms with van der Waals surface area (Å²) in [5, 5.41) is 13.6. The number of rotatable bonds is 6. The molecule has 0 unspecified atom stereocenters. The second-order valence-electron chi connectivity index (χ2n) is 5.23. The number of nitrogens with zero attached hydrogens (tertiary/aromatic N) is 2. The van der Waals surface area contributed by atoms with Crippen molar-refractivity contribution in [3.05, 3.63) is 12.4 Å². The van der Waals surface area contributed by atoms with E-state index in [1.165, 1.54) is 12.7 Å². The molecular weight excluding hydrogens is 242 g/mol. The maximum absolute atomic E-state index is 10.4. The van der Waals surface area contributed by atoms with Crippen molar-refractivity contribution in [1.29, 1.82) is 0 Å². The van der Waals surface area contributed by atoms with Crippen LogP contribution in [0.1, 0.15) is 45.4 Å². The normalized spacial score (nSPS) is 18.0. The van der Waals surface area contributed by atoms with Gasteiger partial charge >= 0.3 is 0 Å². The minimum absolute atomic E-state index is 0.539. The van der Waals surface area contributed by atoms with Crippen LogP contribution in [0.3, 0.4) is 0 Å². The second-order valence-corrected chi connectivity index (χ2v) is 5.23. The highest BCUT2D eigenvalue weighted by Gasteiger charge is 2.28. The molecule has 0 spiro atoms. The third-order valence-electron chi connectivity index (χ3n) is 3.48. The Morgan fingerprint density at radius 3 is 2.84 bits per heavy atom. The van der Waals surface area contributed by atoms with Crippen LogP contribution in [-0.2, 0) is 0 Å². The van der Waals surface area contributed by atoms with Crippen LogP contribution in [0.5, 0.6) is 5.88 Å². The highest BCUT2D eigenvalue weighted by molar-refractivity contribution is 5.37. The molecule has 0 aliphatic heterocycles. The quantitative estimate of drug-likeness (QED) is 0.826. The first-order chi connectivity index (χ1) is 9.22. The minimum atomic E-state index is -0.590. The van der Waals surface area contributed by atoms with E-state index in [1.807, 2.05) is 0 Å².